The number of rotatable bonds is 2. The van der Waals surface area contributed by atoms with E-state index < -0.39 is 0 Å². The molecule has 0 radical (unpaired) electrons. The first-order valence-electron chi connectivity index (χ1n) is 5.57. The lowest BCUT2D eigenvalue weighted by Gasteiger charge is -2.20. The molecule has 15 heavy (non-hydrogen) atoms. The van der Waals surface area contributed by atoms with E-state index in [1.807, 2.05) is 12.1 Å². The van der Waals surface area contributed by atoms with Gasteiger partial charge in [0.15, 0.2) is 5.78 Å². The first kappa shape index (κ1) is 10.7. The van der Waals surface area contributed by atoms with Gasteiger partial charge in [-0.2, -0.15) is 0 Å². The zero-order valence-corrected chi connectivity index (χ0v) is 9.46. The number of hydrogen-bond donors (Lipinski definition) is 0. The fourth-order valence-electron chi connectivity index (χ4n) is 2.24. The van der Waals surface area contributed by atoms with E-state index in [1.54, 1.807) is 12.1 Å². The monoisotopic (exact) mass is 222 g/mol. The zero-order valence-electron chi connectivity index (χ0n) is 8.71. The van der Waals surface area contributed by atoms with E-state index in [4.69, 9.17) is 11.6 Å². The molecule has 2 heteroatoms. The summed E-state index contributed by atoms with van der Waals surface area (Å²) in [7, 11) is 0. The molecule has 0 amide bonds. The van der Waals surface area contributed by atoms with Gasteiger partial charge in [-0.15, -0.1) is 0 Å². The molecule has 0 N–H and O–H groups in total. The number of ketones is 1. The fraction of sp³-hybridized carbons (Fsp3) is 0.462. The summed E-state index contributed by atoms with van der Waals surface area (Å²) >= 11 is 5.88. The summed E-state index contributed by atoms with van der Waals surface area (Å²) < 4.78 is 0. The van der Waals surface area contributed by atoms with Gasteiger partial charge in [0.25, 0.3) is 0 Å². The Morgan fingerprint density at radius 2 is 1.93 bits per heavy atom. The van der Waals surface area contributed by atoms with E-state index in [-0.39, 0.29) is 11.7 Å². The molecule has 0 atom stereocenters. The minimum atomic E-state index is 0.234. The summed E-state index contributed by atoms with van der Waals surface area (Å²) in [6.07, 6.45) is 5.75. The number of benzene rings is 1. The van der Waals surface area contributed by atoms with Crippen LogP contribution in [0.5, 0.6) is 0 Å². The van der Waals surface area contributed by atoms with Crippen LogP contribution in [0, 0.1) is 5.92 Å². The number of carbonyl (C=O) groups is 1. The highest BCUT2D eigenvalue weighted by atomic mass is 35.5. The lowest BCUT2D eigenvalue weighted by Crippen LogP contribution is -2.17. The van der Waals surface area contributed by atoms with Gasteiger partial charge in [0.2, 0.25) is 0 Å². The molecule has 0 spiro atoms. The molecular formula is C13H15ClO. The molecule has 0 aliphatic heterocycles. The van der Waals surface area contributed by atoms with Crippen molar-refractivity contribution in [1.29, 1.82) is 0 Å². The molecule has 80 valence electrons. The van der Waals surface area contributed by atoms with Crippen LogP contribution < -0.4 is 0 Å². The van der Waals surface area contributed by atoms with Crippen molar-refractivity contribution in [1.82, 2.24) is 0 Å². The van der Waals surface area contributed by atoms with Crippen molar-refractivity contribution in [3.05, 3.63) is 34.9 Å². The van der Waals surface area contributed by atoms with Crippen molar-refractivity contribution < 1.29 is 4.79 Å². The lowest BCUT2D eigenvalue weighted by atomic mass is 9.84. The van der Waals surface area contributed by atoms with Crippen LogP contribution in [0.1, 0.15) is 42.5 Å². The normalized spacial score (nSPS) is 17.7. The molecule has 1 aliphatic rings. The predicted molar refractivity (Wildman–Crippen MR) is 62.4 cm³/mol. The summed E-state index contributed by atoms with van der Waals surface area (Å²) in [5.74, 6) is 0.509. The summed E-state index contributed by atoms with van der Waals surface area (Å²) in [6, 6.07) is 7.29. The van der Waals surface area contributed by atoms with Crippen molar-refractivity contribution in [2.45, 2.75) is 32.1 Å². The number of carbonyl (C=O) groups excluding carboxylic acids is 1. The first-order valence-corrected chi connectivity index (χ1v) is 5.95. The smallest absolute Gasteiger partial charge is 0.165 e. The summed E-state index contributed by atoms with van der Waals surface area (Å²) in [4.78, 5) is 12.1. The Kier molecular flexibility index (Phi) is 3.42. The maximum absolute atomic E-state index is 12.1. The van der Waals surface area contributed by atoms with Gasteiger partial charge in [-0.3, -0.25) is 4.79 Å². The number of hydrogen-bond acceptors (Lipinski definition) is 1. The van der Waals surface area contributed by atoms with Crippen LogP contribution in [0.15, 0.2) is 24.3 Å². The highest BCUT2D eigenvalue weighted by Crippen LogP contribution is 2.27. The van der Waals surface area contributed by atoms with Gasteiger partial charge >= 0.3 is 0 Å². The average Bonchev–Trinajstić information content (AvgIpc) is 2.29. The van der Waals surface area contributed by atoms with E-state index >= 15 is 0 Å². The maximum atomic E-state index is 12.1. The summed E-state index contributed by atoms with van der Waals surface area (Å²) in [6.45, 7) is 0. The molecular weight excluding hydrogens is 208 g/mol. The van der Waals surface area contributed by atoms with E-state index in [2.05, 4.69) is 0 Å². The highest BCUT2D eigenvalue weighted by molar-refractivity contribution is 6.31. The highest BCUT2D eigenvalue weighted by Gasteiger charge is 2.22. The minimum absolute atomic E-state index is 0.234. The third kappa shape index (κ3) is 2.60. The summed E-state index contributed by atoms with van der Waals surface area (Å²) in [5, 5.41) is 0.650. The largest absolute Gasteiger partial charge is 0.294 e. The van der Waals surface area contributed by atoms with E-state index in [9.17, 15) is 4.79 Å². The van der Waals surface area contributed by atoms with Crippen molar-refractivity contribution >= 4 is 17.4 Å². The molecule has 0 aromatic heterocycles. The van der Waals surface area contributed by atoms with Crippen LogP contribution in [-0.2, 0) is 0 Å². The molecule has 1 aromatic carbocycles. The van der Waals surface area contributed by atoms with E-state index in [0.717, 1.165) is 18.4 Å². The van der Waals surface area contributed by atoms with E-state index in [0.29, 0.717) is 5.02 Å². The summed E-state index contributed by atoms with van der Waals surface area (Å²) in [5.41, 5.74) is 0.773. The standard InChI is InChI=1S/C13H15ClO/c14-12-8-4-7-11(9-12)13(15)10-5-2-1-3-6-10/h4,7-10H,1-3,5-6H2. The maximum Gasteiger partial charge on any atom is 0.165 e. The quantitative estimate of drug-likeness (QED) is 0.689. The second kappa shape index (κ2) is 4.80. The Bertz CT molecular complexity index is 353. The van der Waals surface area contributed by atoms with Crippen LogP contribution in [0.3, 0.4) is 0 Å². The number of halogens is 1. The van der Waals surface area contributed by atoms with Crippen LogP contribution in [0.2, 0.25) is 5.02 Å². The zero-order chi connectivity index (χ0) is 10.7. The average molecular weight is 223 g/mol. The molecule has 0 bridgehead atoms. The molecule has 1 aromatic rings. The SMILES string of the molecule is O=C(c1cccc(Cl)c1)C1CCCCC1. The van der Waals surface area contributed by atoms with Gasteiger partial charge in [-0.25, -0.2) is 0 Å². The molecule has 1 nitrogen and oxygen atoms in total. The minimum Gasteiger partial charge on any atom is -0.294 e. The molecule has 0 heterocycles. The van der Waals surface area contributed by atoms with Crippen LogP contribution in [0.4, 0.5) is 0 Å². The topological polar surface area (TPSA) is 17.1 Å². The molecule has 1 fully saturated rings. The van der Waals surface area contributed by atoms with Crippen LogP contribution >= 0.6 is 11.6 Å². The van der Waals surface area contributed by atoms with Gasteiger partial charge in [-0.05, 0) is 25.0 Å². The Labute approximate surface area is 95.4 Å². The van der Waals surface area contributed by atoms with Gasteiger partial charge in [-0.1, -0.05) is 43.0 Å². The van der Waals surface area contributed by atoms with Crippen LogP contribution in [0.25, 0.3) is 0 Å². The Hall–Kier alpha value is -0.820. The van der Waals surface area contributed by atoms with Crippen molar-refractivity contribution in [3.8, 4) is 0 Å². The van der Waals surface area contributed by atoms with Gasteiger partial charge in [0.05, 0.1) is 0 Å². The molecule has 0 unspecified atom stereocenters. The Morgan fingerprint density at radius 1 is 1.20 bits per heavy atom. The fourth-order valence-corrected chi connectivity index (χ4v) is 2.43. The first-order chi connectivity index (χ1) is 7.27. The second-order valence-electron chi connectivity index (χ2n) is 4.21. The third-order valence-electron chi connectivity index (χ3n) is 3.09. The second-order valence-corrected chi connectivity index (χ2v) is 4.65. The van der Waals surface area contributed by atoms with Crippen LogP contribution in [-0.4, -0.2) is 5.78 Å². The van der Waals surface area contributed by atoms with Crippen molar-refractivity contribution in [3.63, 3.8) is 0 Å². The van der Waals surface area contributed by atoms with Gasteiger partial charge in [0, 0.05) is 16.5 Å². The van der Waals surface area contributed by atoms with Gasteiger partial charge < -0.3 is 0 Å². The molecule has 2 rings (SSSR count). The molecule has 0 saturated heterocycles. The molecule has 1 saturated carbocycles. The Balaban J connectivity index is 2.12. The molecule has 1 aliphatic carbocycles. The Morgan fingerprint density at radius 3 is 2.60 bits per heavy atom. The lowest BCUT2D eigenvalue weighted by molar-refractivity contribution is 0.0889. The third-order valence-corrected chi connectivity index (χ3v) is 3.32. The van der Waals surface area contributed by atoms with Gasteiger partial charge in [0.1, 0.15) is 0 Å². The van der Waals surface area contributed by atoms with Crippen molar-refractivity contribution in [2.24, 2.45) is 5.92 Å². The number of Topliss-reactive ketones (excluding diaryl/α,β-unsaturated/α-hetero) is 1. The predicted octanol–water partition coefficient (Wildman–Crippen LogP) is 4.10. The van der Waals surface area contributed by atoms with Crippen molar-refractivity contribution in [2.75, 3.05) is 0 Å². The van der Waals surface area contributed by atoms with E-state index in [1.165, 1.54) is 19.3 Å².